The van der Waals surface area contributed by atoms with Gasteiger partial charge in [0.1, 0.15) is 11.6 Å². The molecule has 2 unspecified atom stereocenters. The van der Waals surface area contributed by atoms with Crippen LogP contribution in [0.3, 0.4) is 0 Å². The number of rotatable bonds is 4. The van der Waals surface area contributed by atoms with Gasteiger partial charge >= 0.3 is 0 Å². The van der Waals surface area contributed by atoms with Crippen LogP contribution in [0.25, 0.3) is 0 Å². The highest BCUT2D eigenvalue weighted by Gasteiger charge is 2.47. The smallest absolute Gasteiger partial charge is 0.127 e. The molecule has 0 aliphatic carbocycles. The molecule has 4 nitrogen and oxygen atoms in total. The van der Waals surface area contributed by atoms with Crippen molar-refractivity contribution in [3.8, 4) is 5.75 Å². The maximum atomic E-state index is 14.0. The number of benzene rings is 2. The number of methoxy groups -OCH3 is 1. The van der Waals surface area contributed by atoms with Gasteiger partial charge in [0.25, 0.3) is 0 Å². The van der Waals surface area contributed by atoms with Crippen LogP contribution in [0.15, 0.2) is 48.5 Å². The van der Waals surface area contributed by atoms with Crippen LogP contribution in [0, 0.1) is 5.82 Å². The number of hydrogen-bond donors (Lipinski definition) is 1. The Labute approximate surface area is 153 Å². The van der Waals surface area contributed by atoms with Crippen LogP contribution >= 0.6 is 0 Å². The second-order valence-electron chi connectivity index (χ2n) is 7.32. The molecule has 0 spiro atoms. The molecule has 0 radical (unpaired) electrons. The largest absolute Gasteiger partial charge is 0.497 e. The van der Waals surface area contributed by atoms with Gasteiger partial charge in [-0.05, 0) is 36.1 Å². The van der Waals surface area contributed by atoms with E-state index < -0.39 is 5.60 Å². The summed E-state index contributed by atoms with van der Waals surface area (Å²) in [7, 11) is 1.51. The van der Waals surface area contributed by atoms with Gasteiger partial charge in [-0.2, -0.15) is 0 Å². The van der Waals surface area contributed by atoms with E-state index in [1.54, 1.807) is 6.07 Å². The average molecular weight is 357 g/mol. The molecule has 0 saturated carbocycles. The van der Waals surface area contributed by atoms with E-state index in [1.807, 2.05) is 18.2 Å². The molecule has 2 aromatic rings. The molecule has 2 aromatic carbocycles. The van der Waals surface area contributed by atoms with E-state index in [0.717, 1.165) is 6.54 Å². The summed E-state index contributed by atoms with van der Waals surface area (Å²) in [6.45, 7) is 2.00. The van der Waals surface area contributed by atoms with Crippen LogP contribution in [-0.2, 0) is 16.9 Å². The lowest BCUT2D eigenvalue weighted by atomic mass is 9.76. The third-order valence-corrected chi connectivity index (χ3v) is 5.56. The van der Waals surface area contributed by atoms with Gasteiger partial charge in [-0.15, -0.1) is 0 Å². The van der Waals surface area contributed by atoms with Crippen molar-refractivity contribution in [3.63, 3.8) is 0 Å². The van der Waals surface area contributed by atoms with Crippen molar-refractivity contribution < 1.29 is 19.0 Å². The summed E-state index contributed by atoms with van der Waals surface area (Å²) in [4.78, 5) is 2.42. The fraction of sp³-hybridized carbons (Fsp3) is 0.429. The van der Waals surface area contributed by atoms with Gasteiger partial charge in [0.15, 0.2) is 0 Å². The van der Waals surface area contributed by atoms with Gasteiger partial charge in [-0.25, -0.2) is 4.39 Å². The first-order valence-corrected chi connectivity index (χ1v) is 9.02. The number of nitrogens with zero attached hydrogens (tertiary/aromatic N) is 1. The van der Waals surface area contributed by atoms with E-state index in [-0.39, 0.29) is 17.9 Å². The summed E-state index contributed by atoms with van der Waals surface area (Å²) in [5.41, 5.74) is 0.773. The third kappa shape index (κ3) is 3.34. The van der Waals surface area contributed by atoms with Crippen molar-refractivity contribution >= 4 is 0 Å². The molecule has 2 atom stereocenters. The lowest BCUT2D eigenvalue weighted by molar-refractivity contribution is -0.149. The molecular formula is C21H24FNO3. The number of piperidine rings is 1. The number of fused-ring (bicyclic) bond motifs is 2. The molecule has 2 saturated heterocycles. The van der Waals surface area contributed by atoms with E-state index in [2.05, 4.69) is 17.0 Å². The normalized spacial score (nSPS) is 28.7. The number of halogens is 1. The van der Waals surface area contributed by atoms with Crippen LogP contribution in [0.1, 0.15) is 24.0 Å². The first-order valence-electron chi connectivity index (χ1n) is 9.02. The van der Waals surface area contributed by atoms with Gasteiger partial charge < -0.3 is 14.6 Å². The molecule has 1 N–H and O–H groups in total. The van der Waals surface area contributed by atoms with E-state index in [0.29, 0.717) is 37.4 Å². The minimum absolute atomic E-state index is 0.0990. The van der Waals surface area contributed by atoms with Gasteiger partial charge in [0.05, 0.1) is 25.9 Å². The summed E-state index contributed by atoms with van der Waals surface area (Å²) < 4.78 is 24.9. The van der Waals surface area contributed by atoms with E-state index >= 15 is 0 Å². The first-order chi connectivity index (χ1) is 12.6. The SMILES string of the molecule is COc1cc(F)cc(C2(O)CC3COCC(C2)N3Cc2ccccc2)c1. The summed E-state index contributed by atoms with van der Waals surface area (Å²) in [5.74, 6) is 0.0439. The van der Waals surface area contributed by atoms with Gasteiger partial charge in [0, 0.05) is 24.7 Å². The van der Waals surface area contributed by atoms with Crippen molar-refractivity contribution in [2.75, 3.05) is 20.3 Å². The lowest BCUT2D eigenvalue weighted by Crippen LogP contribution is -2.60. The summed E-state index contributed by atoms with van der Waals surface area (Å²) in [6, 6.07) is 15.0. The minimum Gasteiger partial charge on any atom is -0.497 e. The van der Waals surface area contributed by atoms with Crippen molar-refractivity contribution in [2.45, 2.75) is 37.1 Å². The summed E-state index contributed by atoms with van der Waals surface area (Å²) in [6.07, 6.45) is 1.03. The predicted octanol–water partition coefficient (Wildman–Crippen LogP) is 3.09. The molecule has 2 aliphatic rings. The minimum atomic E-state index is -1.07. The van der Waals surface area contributed by atoms with Crippen LogP contribution in [0.5, 0.6) is 5.75 Å². The van der Waals surface area contributed by atoms with Gasteiger partial charge in [-0.3, -0.25) is 4.90 Å². The Bertz CT molecular complexity index is 753. The highest BCUT2D eigenvalue weighted by Crippen LogP contribution is 2.42. The molecule has 0 amide bonds. The molecule has 5 heteroatoms. The molecule has 2 heterocycles. The molecule has 2 aliphatic heterocycles. The van der Waals surface area contributed by atoms with Crippen LogP contribution in [0.4, 0.5) is 4.39 Å². The monoisotopic (exact) mass is 357 g/mol. The summed E-state index contributed by atoms with van der Waals surface area (Å²) >= 11 is 0. The fourth-order valence-electron chi connectivity index (χ4n) is 4.28. The Morgan fingerprint density at radius 2 is 1.85 bits per heavy atom. The Balaban J connectivity index is 1.60. The topological polar surface area (TPSA) is 41.9 Å². The van der Waals surface area contributed by atoms with Crippen LogP contribution in [0.2, 0.25) is 0 Å². The van der Waals surface area contributed by atoms with Crippen molar-refractivity contribution in [1.82, 2.24) is 4.90 Å². The van der Waals surface area contributed by atoms with Crippen molar-refractivity contribution in [3.05, 3.63) is 65.5 Å². The zero-order chi connectivity index (χ0) is 18.1. The molecule has 4 rings (SSSR count). The maximum absolute atomic E-state index is 14.0. The Morgan fingerprint density at radius 1 is 1.15 bits per heavy atom. The molecule has 138 valence electrons. The van der Waals surface area contributed by atoms with Crippen LogP contribution in [-0.4, -0.2) is 42.4 Å². The Kier molecular flexibility index (Phi) is 4.69. The molecular weight excluding hydrogens is 333 g/mol. The Hall–Kier alpha value is -1.95. The van der Waals surface area contributed by atoms with E-state index in [9.17, 15) is 9.50 Å². The third-order valence-electron chi connectivity index (χ3n) is 5.56. The maximum Gasteiger partial charge on any atom is 0.127 e. The number of aliphatic hydroxyl groups is 1. The highest BCUT2D eigenvalue weighted by molar-refractivity contribution is 5.34. The average Bonchev–Trinajstić information content (AvgIpc) is 2.63. The standard InChI is InChI=1S/C21H24FNO3/c1-25-20-8-16(7-17(22)9-20)21(24)10-18-13-26-14-19(11-21)23(18)12-15-5-3-2-4-6-15/h2-9,18-19,24H,10-14H2,1H3. The molecule has 0 aromatic heterocycles. The number of morpholine rings is 1. The quantitative estimate of drug-likeness (QED) is 0.913. The van der Waals surface area contributed by atoms with Gasteiger partial charge in [-0.1, -0.05) is 30.3 Å². The van der Waals surface area contributed by atoms with Crippen LogP contribution < -0.4 is 4.74 Å². The molecule has 2 fully saturated rings. The first kappa shape index (κ1) is 17.5. The number of hydrogen-bond acceptors (Lipinski definition) is 4. The predicted molar refractivity (Wildman–Crippen MR) is 96.5 cm³/mol. The zero-order valence-corrected chi connectivity index (χ0v) is 14.9. The number of ether oxygens (including phenoxy) is 2. The highest BCUT2D eigenvalue weighted by atomic mass is 19.1. The van der Waals surface area contributed by atoms with Gasteiger partial charge in [0.2, 0.25) is 0 Å². The van der Waals surface area contributed by atoms with Crippen molar-refractivity contribution in [1.29, 1.82) is 0 Å². The second-order valence-corrected chi connectivity index (χ2v) is 7.32. The zero-order valence-electron chi connectivity index (χ0n) is 14.9. The lowest BCUT2D eigenvalue weighted by Gasteiger charge is -2.52. The molecule has 26 heavy (non-hydrogen) atoms. The van der Waals surface area contributed by atoms with Crippen molar-refractivity contribution in [2.24, 2.45) is 0 Å². The molecule has 2 bridgehead atoms. The van der Waals surface area contributed by atoms with E-state index in [4.69, 9.17) is 9.47 Å². The summed E-state index contributed by atoms with van der Waals surface area (Å²) in [5, 5.41) is 11.4. The van der Waals surface area contributed by atoms with E-state index in [1.165, 1.54) is 24.8 Å². The Morgan fingerprint density at radius 3 is 2.50 bits per heavy atom. The second kappa shape index (κ2) is 6.99. The fourth-order valence-corrected chi connectivity index (χ4v) is 4.28.